The predicted molar refractivity (Wildman–Crippen MR) is 80.9 cm³/mol. The molecule has 0 saturated heterocycles. The minimum atomic E-state index is 0.853. The van der Waals surface area contributed by atoms with Crippen LogP contribution in [0.15, 0.2) is 24.3 Å². The fraction of sp³-hybridized carbons (Fsp3) is 0.647. The van der Waals surface area contributed by atoms with Gasteiger partial charge in [0.25, 0.3) is 0 Å². The van der Waals surface area contributed by atoms with Gasteiger partial charge in [-0.1, -0.05) is 50.8 Å². The zero-order valence-electron chi connectivity index (χ0n) is 12.5. The van der Waals surface area contributed by atoms with Crippen molar-refractivity contribution >= 4 is 0 Å². The number of aryl methyl sites for hydroxylation is 1. The van der Waals surface area contributed by atoms with Crippen LogP contribution in [0.5, 0.6) is 5.75 Å². The highest BCUT2D eigenvalue weighted by Gasteiger charge is 2.00. The molecule has 0 aromatic heterocycles. The van der Waals surface area contributed by atoms with Crippen molar-refractivity contribution in [2.75, 3.05) is 20.3 Å². The van der Waals surface area contributed by atoms with Crippen molar-refractivity contribution in [3.8, 4) is 5.75 Å². The number of rotatable bonds is 11. The van der Waals surface area contributed by atoms with Crippen molar-refractivity contribution in [3.05, 3.63) is 29.8 Å². The van der Waals surface area contributed by atoms with Crippen molar-refractivity contribution in [1.29, 1.82) is 0 Å². The molecule has 1 aromatic rings. The van der Waals surface area contributed by atoms with Gasteiger partial charge in [-0.2, -0.15) is 0 Å². The Morgan fingerprint density at radius 3 is 2.42 bits per heavy atom. The number of benzene rings is 1. The lowest BCUT2D eigenvalue weighted by atomic mass is 10.1. The Bertz CT molecular complexity index is 323. The van der Waals surface area contributed by atoms with Crippen molar-refractivity contribution < 1.29 is 9.47 Å². The average Bonchev–Trinajstić information content (AvgIpc) is 2.46. The third kappa shape index (κ3) is 7.22. The van der Waals surface area contributed by atoms with Crippen LogP contribution in [0.1, 0.15) is 51.0 Å². The smallest absolute Gasteiger partial charge is 0.122 e. The zero-order chi connectivity index (χ0) is 13.8. The topological polar surface area (TPSA) is 18.5 Å². The molecule has 0 N–H and O–H groups in total. The summed E-state index contributed by atoms with van der Waals surface area (Å²) >= 11 is 0. The Balaban J connectivity index is 2.01. The van der Waals surface area contributed by atoms with Gasteiger partial charge >= 0.3 is 0 Å². The Morgan fingerprint density at radius 2 is 1.63 bits per heavy atom. The standard InChI is InChI=1S/C17H28O2/c1-3-4-5-6-9-14-19-15-10-12-16-11-7-8-13-17(16)18-2/h7-8,11,13H,3-6,9-10,12,14-15H2,1-2H3. The summed E-state index contributed by atoms with van der Waals surface area (Å²) in [5, 5.41) is 0. The van der Waals surface area contributed by atoms with E-state index in [9.17, 15) is 0 Å². The molecule has 0 aliphatic rings. The van der Waals surface area contributed by atoms with Gasteiger partial charge in [0.15, 0.2) is 0 Å². The van der Waals surface area contributed by atoms with Crippen LogP contribution in [0.4, 0.5) is 0 Å². The van der Waals surface area contributed by atoms with Crippen molar-refractivity contribution in [3.63, 3.8) is 0 Å². The van der Waals surface area contributed by atoms with Gasteiger partial charge in [-0.25, -0.2) is 0 Å². The third-order valence-electron chi connectivity index (χ3n) is 3.32. The highest BCUT2D eigenvalue weighted by molar-refractivity contribution is 5.33. The molecule has 0 spiro atoms. The average molecular weight is 264 g/mol. The normalized spacial score (nSPS) is 10.6. The first-order valence-electron chi connectivity index (χ1n) is 7.58. The summed E-state index contributed by atoms with van der Waals surface area (Å²) in [4.78, 5) is 0. The lowest BCUT2D eigenvalue weighted by Crippen LogP contribution is -2.00. The number of unbranched alkanes of at least 4 members (excludes halogenated alkanes) is 4. The van der Waals surface area contributed by atoms with Crippen LogP contribution in [0.3, 0.4) is 0 Å². The van der Waals surface area contributed by atoms with E-state index in [4.69, 9.17) is 9.47 Å². The number of para-hydroxylation sites is 1. The molecule has 1 aromatic carbocycles. The molecule has 0 radical (unpaired) electrons. The molecular formula is C17H28O2. The Hall–Kier alpha value is -1.02. The monoisotopic (exact) mass is 264 g/mol. The summed E-state index contributed by atoms with van der Waals surface area (Å²) < 4.78 is 11.0. The molecule has 0 heterocycles. The summed E-state index contributed by atoms with van der Waals surface area (Å²) in [6, 6.07) is 8.22. The van der Waals surface area contributed by atoms with Gasteiger partial charge in [0.2, 0.25) is 0 Å². The summed E-state index contributed by atoms with van der Waals surface area (Å²) in [6.07, 6.45) is 8.61. The quantitative estimate of drug-likeness (QED) is 0.543. The van der Waals surface area contributed by atoms with E-state index in [2.05, 4.69) is 19.1 Å². The van der Waals surface area contributed by atoms with Gasteiger partial charge in [-0.15, -0.1) is 0 Å². The molecule has 0 saturated carbocycles. The summed E-state index contributed by atoms with van der Waals surface area (Å²) in [7, 11) is 1.73. The highest BCUT2D eigenvalue weighted by atomic mass is 16.5. The lowest BCUT2D eigenvalue weighted by Gasteiger charge is -2.08. The van der Waals surface area contributed by atoms with Crippen LogP contribution in [0.25, 0.3) is 0 Å². The van der Waals surface area contributed by atoms with Gasteiger partial charge in [0, 0.05) is 13.2 Å². The van der Waals surface area contributed by atoms with E-state index in [1.54, 1.807) is 7.11 Å². The summed E-state index contributed by atoms with van der Waals surface area (Å²) in [5.74, 6) is 0.988. The van der Waals surface area contributed by atoms with Crippen LogP contribution in [0.2, 0.25) is 0 Å². The second-order valence-electron chi connectivity index (χ2n) is 4.94. The number of ether oxygens (including phenoxy) is 2. The van der Waals surface area contributed by atoms with Gasteiger partial charge in [0.05, 0.1) is 7.11 Å². The maximum Gasteiger partial charge on any atom is 0.122 e. The zero-order valence-corrected chi connectivity index (χ0v) is 12.5. The molecule has 108 valence electrons. The van der Waals surface area contributed by atoms with Gasteiger partial charge in [-0.3, -0.25) is 0 Å². The summed E-state index contributed by atoms with van der Waals surface area (Å²) in [5.41, 5.74) is 1.27. The van der Waals surface area contributed by atoms with E-state index < -0.39 is 0 Å². The third-order valence-corrected chi connectivity index (χ3v) is 3.32. The molecule has 0 amide bonds. The van der Waals surface area contributed by atoms with Crippen LogP contribution < -0.4 is 4.74 Å². The fourth-order valence-corrected chi connectivity index (χ4v) is 2.18. The second kappa shape index (κ2) is 10.9. The van der Waals surface area contributed by atoms with E-state index in [1.807, 2.05) is 12.1 Å². The van der Waals surface area contributed by atoms with Gasteiger partial charge in [-0.05, 0) is 30.9 Å². The van der Waals surface area contributed by atoms with E-state index >= 15 is 0 Å². The second-order valence-corrected chi connectivity index (χ2v) is 4.94. The molecule has 1 rings (SSSR count). The van der Waals surface area contributed by atoms with Crippen LogP contribution in [-0.2, 0) is 11.2 Å². The molecule has 0 bridgehead atoms. The van der Waals surface area contributed by atoms with E-state index in [-0.39, 0.29) is 0 Å². The van der Waals surface area contributed by atoms with Crippen molar-refractivity contribution in [1.82, 2.24) is 0 Å². The van der Waals surface area contributed by atoms with Crippen LogP contribution in [0, 0.1) is 0 Å². The van der Waals surface area contributed by atoms with Gasteiger partial charge in [0.1, 0.15) is 5.75 Å². The highest BCUT2D eigenvalue weighted by Crippen LogP contribution is 2.18. The Morgan fingerprint density at radius 1 is 0.895 bits per heavy atom. The number of methoxy groups -OCH3 is 1. The molecule has 0 aliphatic heterocycles. The van der Waals surface area contributed by atoms with Crippen LogP contribution >= 0.6 is 0 Å². The summed E-state index contributed by atoms with van der Waals surface area (Å²) in [6.45, 7) is 4.01. The largest absolute Gasteiger partial charge is 0.496 e. The number of hydrogen-bond acceptors (Lipinski definition) is 2. The first-order chi connectivity index (χ1) is 9.38. The van der Waals surface area contributed by atoms with Crippen molar-refractivity contribution in [2.45, 2.75) is 51.9 Å². The molecule has 0 aliphatic carbocycles. The SMILES string of the molecule is CCCCCCCOCCCc1ccccc1OC. The molecule has 2 nitrogen and oxygen atoms in total. The van der Waals surface area contributed by atoms with Gasteiger partial charge < -0.3 is 9.47 Å². The maximum atomic E-state index is 5.67. The molecular weight excluding hydrogens is 236 g/mol. The first-order valence-corrected chi connectivity index (χ1v) is 7.58. The molecule has 0 fully saturated rings. The van der Waals surface area contributed by atoms with Crippen molar-refractivity contribution in [2.24, 2.45) is 0 Å². The predicted octanol–water partition coefficient (Wildman–Crippen LogP) is 4.61. The minimum absolute atomic E-state index is 0.853. The molecule has 0 unspecified atom stereocenters. The Labute approximate surface area is 118 Å². The molecule has 19 heavy (non-hydrogen) atoms. The first kappa shape index (κ1) is 16.0. The fourth-order valence-electron chi connectivity index (χ4n) is 2.18. The lowest BCUT2D eigenvalue weighted by molar-refractivity contribution is 0.127. The maximum absolute atomic E-state index is 5.67. The number of hydrogen-bond donors (Lipinski definition) is 0. The Kier molecular flexibility index (Phi) is 9.17. The van der Waals surface area contributed by atoms with Crippen LogP contribution in [-0.4, -0.2) is 20.3 Å². The van der Waals surface area contributed by atoms with E-state index in [1.165, 1.54) is 37.7 Å². The molecule has 2 heteroatoms. The van der Waals surface area contributed by atoms with E-state index in [0.717, 1.165) is 31.8 Å². The van der Waals surface area contributed by atoms with E-state index in [0.29, 0.717) is 0 Å². The minimum Gasteiger partial charge on any atom is -0.496 e. The molecule has 0 atom stereocenters.